The summed E-state index contributed by atoms with van der Waals surface area (Å²) in [6.07, 6.45) is 0. The van der Waals surface area contributed by atoms with E-state index < -0.39 is 20.1 Å². The van der Waals surface area contributed by atoms with Gasteiger partial charge in [-0.15, -0.1) is 0 Å². The predicted octanol–water partition coefficient (Wildman–Crippen LogP) is -4.38. The van der Waals surface area contributed by atoms with Gasteiger partial charge in [0.25, 0.3) is 0 Å². The molecule has 0 bridgehead atoms. The van der Waals surface area contributed by atoms with E-state index in [4.69, 9.17) is 13.2 Å². The predicted molar refractivity (Wildman–Crippen MR) is 37.3 cm³/mol. The molecule has 0 aliphatic rings. The van der Waals surface area contributed by atoms with Crippen LogP contribution in [0.2, 0.25) is 0 Å². The quantitative estimate of drug-likeness (QED) is 0.350. The summed E-state index contributed by atoms with van der Waals surface area (Å²) < 4.78 is 30.8. The molecule has 0 spiro atoms. The van der Waals surface area contributed by atoms with Crippen molar-refractivity contribution in [3.8, 4) is 0 Å². The van der Waals surface area contributed by atoms with Crippen LogP contribution in [0.15, 0.2) is 0 Å². The summed E-state index contributed by atoms with van der Waals surface area (Å²) in [6, 6.07) is 0. The van der Waals surface area contributed by atoms with Crippen molar-refractivity contribution in [2.45, 2.75) is 0 Å². The Balaban J connectivity index is -0.0000000154. The standard InChI is InChI=1S/6H2O.O.S.2Sb/h6*1H2;;;;/q;;;;;;;;;+3/p-3. The van der Waals surface area contributed by atoms with Crippen LogP contribution >= 0.6 is 9.19 Å². The summed E-state index contributed by atoms with van der Waals surface area (Å²) in [5.74, 6) is 0. The monoisotopic (exact) mass is 395 g/mol. The van der Waals surface area contributed by atoms with Crippen LogP contribution in [0.4, 0.5) is 0 Å². The van der Waals surface area contributed by atoms with E-state index in [9.17, 15) is 0 Å². The first kappa shape index (κ1) is 30.1. The van der Waals surface area contributed by atoms with Gasteiger partial charge in [0, 0.05) is 0 Å². The molecule has 0 atom stereocenters. The third kappa shape index (κ3) is 332. The summed E-state index contributed by atoms with van der Waals surface area (Å²) in [4.78, 5) is 0. The van der Waals surface area contributed by atoms with Crippen molar-refractivity contribution in [3.05, 3.63) is 0 Å². The number of hydrogen-bond acceptors (Lipinski definition) is 2. The Morgan fingerprint density at radius 2 is 1.00 bits per heavy atom. The van der Waals surface area contributed by atoms with E-state index in [0.29, 0.717) is 0 Å². The second kappa shape index (κ2) is 16.8. The Labute approximate surface area is 79.3 Å². The Bertz CT molecular complexity index is 67.4. The first-order valence-electron chi connectivity index (χ1n) is 0.965. The van der Waals surface area contributed by atoms with Gasteiger partial charge in [0.1, 0.15) is 0 Å². The van der Waals surface area contributed by atoms with Crippen LogP contribution in [0.25, 0.3) is 0 Å². The first-order valence-corrected chi connectivity index (χ1v) is 8.92. The second-order valence-electron chi connectivity index (χ2n) is 0.513. The van der Waals surface area contributed by atoms with Crippen molar-refractivity contribution in [1.82, 2.24) is 0 Å². The van der Waals surface area contributed by atoms with Crippen molar-refractivity contribution in [2.24, 2.45) is 0 Å². The topological polar surface area (TPSA) is 172 Å². The molecule has 1 radical (unpaired) electrons. The van der Waals surface area contributed by atoms with Gasteiger partial charge >= 0.3 is 63.5 Å². The summed E-state index contributed by atoms with van der Waals surface area (Å²) in [5, 5.41) is 0. The van der Waals surface area contributed by atoms with Crippen molar-refractivity contribution < 1.29 is 29.6 Å². The van der Waals surface area contributed by atoms with E-state index in [2.05, 4.69) is 9.19 Å². The van der Waals surface area contributed by atoms with Gasteiger partial charge in [-0.25, -0.2) is 0 Å². The maximum absolute atomic E-state index is 8.97. The van der Waals surface area contributed by atoms with Crippen LogP contribution in [0.3, 0.4) is 0 Å². The molecule has 0 rings (SSSR count). The summed E-state index contributed by atoms with van der Waals surface area (Å²) in [7, 11) is 4.13. The van der Waals surface area contributed by atoms with Gasteiger partial charge in [-0.1, -0.05) is 0 Å². The third-order valence-corrected chi connectivity index (χ3v) is 0. The average Bonchev–Trinajstić information content (AvgIpc) is 1.36. The molecule has 0 heterocycles. The average molecular weight is 397 g/mol. The van der Waals surface area contributed by atoms with Crippen molar-refractivity contribution in [1.29, 1.82) is 0 Å². The van der Waals surface area contributed by atoms with E-state index >= 15 is 0 Å². The SMILES string of the molecule is O.O.O.[O]=[Sb]([OH])([OH])[OH].[S]=[Sb]. The molecule has 0 aliphatic carbocycles. The van der Waals surface area contributed by atoms with Gasteiger partial charge in [0.05, 0.1) is 0 Å². The van der Waals surface area contributed by atoms with Crippen LogP contribution in [-0.4, -0.2) is 67.7 Å². The molecule has 10 heavy (non-hydrogen) atoms. The molecule has 67 valence electrons. The molecule has 0 aromatic carbocycles. The molecule has 0 fully saturated rings. The van der Waals surface area contributed by atoms with E-state index in [1.54, 1.807) is 0 Å². The van der Waals surface area contributed by atoms with Crippen molar-refractivity contribution in [3.63, 3.8) is 0 Å². The Morgan fingerprint density at radius 3 is 1.00 bits per heavy atom. The molecule has 0 saturated carbocycles. The number of hydrogen-bond donors (Lipinski definition) is 3. The Morgan fingerprint density at radius 1 is 1.00 bits per heavy atom. The zero-order valence-electron chi connectivity index (χ0n) is 4.55. The summed E-state index contributed by atoms with van der Waals surface area (Å²) in [6.45, 7) is 0. The molecule has 0 unspecified atom stereocenters. The van der Waals surface area contributed by atoms with Crippen LogP contribution < -0.4 is 0 Å². The summed E-state index contributed by atoms with van der Waals surface area (Å²) >= 11 is -4.02. The van der Waals surface area contributed by atoms with Gasteiger partial charge in [-0.2, -0.15) is 0 Å². The van der Waals surface area contributed by atoms with E-state index in [-0.39, 0.29) is 16.4 Å². The summed E-state index contributed by atoms with van der Waals surface area (Å²) in [5.41, 5.74) is 0. The third-order valence-electron chi connectivity index (χ3n) is 0. The molecular weight excluding hydrogens is 388 g/mol. The first-order chi connectivity index (χ1) is 3.00. The minimum absolute atomic E-state index is 0. The van der Waals surface area contributed by atoms with Gasteiger partial charge in [-0.05, 0) is 0 Å². The van der Waals surface area contributed by atoms with Gasteiger partial charge in [0.2, 0.25) is 0 Å². The normalized spacial score (nSPS) is 6.30. The van der Waals surface area contributed by atoms with Gasteiger partial charge < -0.3 is 16.4 Å². The van der Waals surface area contributed by atoms with E-state index in [1.807, 2.05) is 0 Å². The zero-order valence-corrected chi connectivity index (χ0v) is 10.5. The van der Waals surface area contributed by atoms with Crippen LogP contribution in [0, 0.1) is 0 Å². The van der Waals surface area contributed by atoms with Gasteiger partial charge in [-0.3, -0.25) is 0 Å². The molecular formula is H9O7SSb2. The fourth-order valence-corrected chi connectivity index (χ4v) is 0. The molecule has 0 aromatic rings. The molecule has 0 saturated heterocycles. The number of rotatable bonds is 0. The maximum atomic E-state index is 8.97. The molecule has 0 aliphatic heterocycles. The minimum atomic E-state index is -5.35. The van der Waals surface area contributed by atoms with E-state index in [0.717, 1.165) is 0 Å². The van der Waals surface area contributed by atoms with Gasteiger partial charge in [0.15, 0.2) is 0 Å². The Kier molecular flexibility index (Phi) is 50.5. The van der Waals surface area contributed by atoms with Crippen molar-refractivity contribution >= 4 is 50.3 Å². The molecule has 0 aromatic heterocycles. The molecule has 7 nitrogen and oxygen atoms in total. The molecule has 9 N–H and O–H groups in total. The fourth-order valence-electron chi connectivity index (χ4n) is 0. The van der Waals surface area contributed by atoms with Crippen LogP contribution in [-0.2, 0) is 3.02 Å². The zero-order chi connectivity index (χ0) is 6.50. The van der Waals surface area contributed by atoms with E-state index in [1.165, 1.54) is 21.1 Å². The van der Waals surface area contributed by atoms with Crippen molar-refractivity contribution in [2.75, 3.05) is 0 Å². The molecule has 0 amide bonds. The molecule has 10 heteroatoms. The van der Waals surface area contributed by atoms with Crippen LogP contribution in [0.5, 0.6) is 0 Å². The Hall–Kier alpha value is 1.42. The second-order valence-corrected chi connectivity index (χ2v) is 3.44. The fraction of sp³-hybridized carbons (Fsp3) is 0. The van der Waals surface area contributed by atoms with Crippen LogP contribution in [0.1, 0.15) is 0 Å².